The standard InChI is InChI=1S/C9H10N2O2.ClH/c10-4-6-1-2-7-8(3-6)13-5-9(12)11-7;/h1-3H,4-5,10H2,(H,11,12);1H. The fourth-order valence-corrected chi connectivity index (χ4v) is 1.25. The van der Waals surface area contributed by atoms with Gasteiger partial charge in [0.25, 0.3) is 5.91 Å². The Balaban J connectivity index is 0.000000980. The van der Waals surface area contributed by atoms with Crippen molar-refractivity contribution in [2.75, 3.05) is 11.9 Å². The minimum absolute atomic E-state index is 0. The first-order chi connectivity index (χ1) is 6.29. The molecule has 0 unspecified atom stereocenters. The number of nitrogens with two attached hydrogens (primary N) is 1. The molecule has 0 saturated heterocycles. The quantitative estimate of drug-likeness (QED) is 0.730. The van der Waals surface area contributed by atoms with E-state index in [1.54, 1.807) is 6.07 Å². The molecule has 1 aliphatic rings. The van der Waals surface area contributed by atoms with Crippen LogP contribution in [0.2, 0.25) is 0 Å². The number of ether oxygens (including phenoxy) is 1. The number of fused-ring (bicyclic) bond motifs is 1. The number of anilines is 1. The summed E-state index contributed by atoms with van der Waals surface area (Å²) in [6, 6.07) is 5.51. The van der Waals surface area contributed by atoms with Crippen molar-refractivity contribution in [2.45, 2.75) is 6.54 Å². The van der Waals surface area contributed by atoms with E-state index in [9.17, 15) is 4.79 Å². The first kappa shape index (κ1) is 10.8. The van der Waals surface area contributed by atoms with E-state index in [0.29, 0.717) is 18.0 Å². The second kappa shape index (κ2) is 4.30. The van der Waals surface area contributed by atoms with Gasteiger partial charge in [0.05, 0.1) is 5.69 Å². The summed E-state index contributed by atoms with van der Waals surface area (Å²) in [6.45, 7) is 0.561. The minimum atomic E-state index is -0.118. The summed E-state index contributed by atoms with van der Waals surface area (Å²) in [4.78, 5) is 10.9. The Morgan fingerprint density at radius 2 is 2.29 bits per heavy atom. The van der Waals surface area contributed by atoms with Crippen LogP contribution in [0.5, 0.6) is 5.75 Å². The average Bonchev–Trinajstić information content (AvgIpc) is 2.17. The maximum Gasteiger partial charge on any atom is 0.262 e. The molecule has 0 fully saturated rings. The molecule has 76 valence electrons. The van der Waals surface area contributed by atoms with Gasteiger partial charge in [0.15, 0.2) is 6.61 Å². The molecule has 1 heterocycles. The highest BCUT2D eigenvalue weighted by atomic mass is 35.5. The number of hydrogen-bond donors (Lipinski definition) is 2. The van der Waals surface area contributed by atoms with Crippen molar-refractivity contribution < 1.29 is 9.53 Å². The number of rotatable bonds is 1. The number of amides is 1. The van der Waals surface area contributed by atoms with E-state index in [1.807, 2.05) is 12.1 Å². The van der Waals surface area contributed by atoms with Crippen molar-refractivity contribution in [3.63, 3.8) is 0 Å². The van der Waals surface area contributed by atoms with Gasteiger partial charge in [0, 0.05) is 6.54 Å². The fourth-order valence-electron chi connectivity index (χ4n) is 1.25. The third-order valence-corrected chi connectivity index (χ3v) is 1.91. The molecule has 0 bridgehead atoms. The molecular weight excluding hydrogens is 204 g/mol. The van der Waals surface area contributed by atoms with Crippen LogP contribution in [0.1, 0.15) is 5.56 Å². The molecule has 1 amide bonds. The van der Waals surface area contributed by atoms with Crippen molar-refractivity contribution in [1.82, 2.24) is 0 Å². The number of carbonyl (C=O) groups is 1. The highest BCUT2D eigenvalue weighted by Crippen LogP contribution is 2.28. The van der Waals surface area contributed by atoms with Crippen LogP contribution in [0.4, 0.5) is 5.69 Å². The molecule has 1 aromatic carbocycles. The second-order valence-corrected chi connectivity index (χ2v) is 2.87. The van der Waals surface area contributed by atoms with Gasteiger partial charge in [0.2, 0.25) is 0 Å². The van der Waals surface area contributed by atoms with Crippen molar-refractivity contribution in [3.05, 3.63) is 23.8 Å². The van der Waals surface area contributed by atoms with Crippen LogP contribution in [-0.2, 0) is 11.3 Å². The summed E-state index contributed by atoms with van der Waals surface area (Å²) in [6.07, 6.45) is 0. The maximum atomic E-state index is 10.9. The Labute approximate surface area is 87.8 Å². The van der Waals surface area contributed by atoms with E-state index in [-0.39, 0.29) is 24.9 Å². The Hall–Kier alpha value is -1.26. The van der Waals surface area contributed by atoms with Gasteiger partial charge >= 0.3 is 0 Å². The Morgan fingerprint density at radius 1 is 1.50 bits per heavy atom. The van der Waals surface area contributed by atoms with Gasteiger partial charge in [-0.15, -0.1) is 12.4 Å². The molecule has 0 spiro atoms. The average molecular weight is 215 g/mol. The van der Waals surface area contributed by atoms with Gasteiger partial charge in [-0.25, -0.2) is 0 Å². The van der Waals surface area contributed by atoms with E-state index < -0.39 is 0 Å². The van der Waals surface area contributed by atoms with Crippen LogP contribution in [0.15, 0.2) is 18.2 Å². The zero-order valence-electron chi connectivity index (χ0n) is 7.45. The van der Waals surface area contributed by atoms with Gasteiger partial charge < -0.3 is 15.8 Å². The van der Waals surface area contributed by atoms with Crippen LogP contribution in [0.25, 0.3) is 0 Å². The van der Waals surface area contributed by atoms with Crippen LogP contribution in [-0.4, -0.2) is 12.5 Å². The highest BCUT2D eigenvalue weighted by molar-refractivity contribution is 5.95. The topological polar surface area (TPSA) is 64.3 Å². The van der Waals surface area contributed by atoms with Crippen molar-refractivity contribution in [3.8, 4) is 5.75 Å². The number of hydrogen-bond acceptors (Lipinski definition) is 3. The maximum absolute atomic E-state index is 10.9. The largest absolute Gasteiger partial charge is 0.482 e. The summed E-state index contributed by atoms with van der Waals surface area (Å²) in [5.74, 6) is 0.579. The lowest BCUT2D eigenvalue weighted by atomic mass is 10.2. The van der Waals surface area contributed by atoms with E-state index in [1.165, 1.54) is 0 Å². The first-order valence-corrected chi connectivity index (χ1v) is 4.05. The monoisotopic (exact) mass is 214 g/mol. The van der Waals surface area contributed by atoms with Crippen molar-refractivity contribution in [2.24, 2.45) is 5.73 Å². The van der Waals surface area contributed by atoms with Gasteiger partial charge in [-0.05, 0) is 17.7 Å². The number of nitrogens with one attached hydrogen (secondary N) is 1. The molecular formula is C9H11ClN2O2. The zero-order valence-corrected chi connectivity index (χ0v) is 8.26. The summed E-state index contributed by atoms with van der Waals surface area (Å²) in [5, 5.41) is 2.71. The zero-order chi connectivity index (χ0) is 9.26. The molecule has 4 nitrogen and oxygen atoms in total. The third-order valence-electron chi connectivity index (χ3n) is 1.91. The summed E-state index contributed by atoms with van der Waals surface area (Å²) in [7, 11) is 0. The van der Waals surface area contributed by atoms with E-state index in [2.05, 4.69) is 5.32 Å². The highest BCUT2D eigenvalue weighted by Gasteiger charge is 2.15. The lowest BCUT2D eigenvalue weighted by Crippen LogP contribution is -2.25. The Morgan fingerprint density at radius 3 is 3.00 bits per heavy atom. The van der Waals surface area contributed by atoms with Gasteiger partial charge in [-0.1, -0.05) is 6.07 Å². The molecule has 3 N–H and O–H groups in total. The summed E-state index contributed by atoms with van der Waals surface area (Å²) < 4.78 is 5.21. The van der Waals surface area contributed by atoms with Crippen LogP contribution in [0, 0.1) is 0 Å². The van der Waals surface area contributed by atoms with Crippen LogP contribution in [0.3, 0.4) is 0 Å². The second-order valence-electron chi connectivity index (χ2n) is 2.87. The van der Waals surface area contributed by atoms with E-state index in [0.717, 1.165) is 5.56 Å². The third kappa shape index (κ3) is 1.97. The normalized spacial score (nSPS) is 13.4. The molecule has 0 aliphatic carbocycles. The first-order valence-electron chi connectivity index (χ1n) is 4.05. The predicted octanol–water partition coefficient (Wildman–Crippen LogP) is 0.898. The Bertz CT molecular complexity index is 355. The van der Waals surface area contributed by atoms with E-state index in [4.69, 9.17) is 10.5 Å². The SMILES string of the molecule is Cl.NCc1ccc2c(c1)OCC(=O)N2. The molecule has 5 heteroatoms. The molecule has 0 atom stereocenters. The van der Waals surface area contributed by atoms with Gasteiger partial charge in [-0.2, -0.15) is 0 Å². The van der Waals surface area contributed by atoms with Gasteiger partial charge in [-0.3, -0.25) is 4.79 Å². The number of benzene rings is 1. The lowest BCUT2D eigenvalue weighted by Gasteiger charge is -2.18. The summed E-state index contributed by atoms with van der Waals surface area (Å²) in [5.41, 5.74) is 7.18. The minimum Gasteiger partial charge on any atom is -0.482 e. The smallest absolute Gasteiger partial charge is 0.262 e. The van der Waals surface area contributed by atoms with E-state index >= 15 is 0 Å². The van der Waals surface area contributed by atoms with Crippen molar-refractivity contribution in [1.29, 1.82) is 0 Å². The molecule has 1 aliphatic heterocycles. The molecule has 0 radical (unpaired) electrons. The molecule has 0 saturated carbocycles. The van der Waals surface area contributed by atoms with Gasteiger partial charge in [0.1, 0.15) is 5.75 Å². The molecule has 0 aromatic heterocycles. The van der Waals surface area contributed by atoms with Crippen molar-refractivity contribution >= 4 is 24.0 Å². The Kier molecular flexibility index (Phi) is 3.33. The molecule has 14 heavy (non-hydrogen) atoms. The van der Waals surface area contributed by atoms with Crippen LogP contribution >= 0.6 is 12.4 Å². The molecule has 1 aromatic rings. The predicted molar refractivity (Wildman–Crippen MR) is 55.7 cm³/mol. The molecule has 2 rings (SSSR count). The fraction of sp³-hybridized carbons (Fsp3) is 0.222. The van der Waals surface area contributed by atoms with Crippen LogP contribution < -0.4 is 15.8 Å². The number of halogens is 1. The number of carbonyl (C=O) groups excluding carboxylic acids is 1. The summed E-state index contributed by atoms with van der Waals surface area (Å²) >= 11 is 0. The lowest BCUT2D eigenvalue weighted by molar-refractivity contribution is -0.118.